The number of carboxylic acid groups (broad SMARTS) is 1. The molecule has 2 aliphatic heterocycles. The van der Waals surface area contributed by atoms with Crippen LogP contribution in [-0.4, -0.2) is 52.3 Å². The zero-order valence-electron chi connectivity index (χ0n) is 19.9. The summed E-state index contributed by atoms with van der Waals surface area (Å²) < 4.78 is 36.4. The lowest BCUT2D eigenvalue weighted by Crippen LogP contribution is -2.42. The molecule has 6 rings (SSSR count). The van der Waals surface area contributed by atoms with Crippen molar-refractivity contribution in [2.75, 3.05) is 13.3 Å². The Morgan fingerprint density at radius 1 is 1.22 bits per heavy atom. The van der Waals surface area contributed by atoms with Crippen LogP contribution in [0.4, 0.5) is 8.78 Å². The number of aromatic nitrogens is 1. The van der Waals surface area contributed by atoms with Gasteiger partial charge in [0.2, 0.25) is 0 Å². The number of aryl methyl sites for hydroxylation is 1. The number of nitrogens with zero attached hydrogens (tertiary/aromatic N) is 2. The number of carboxylic acids is 1. The van der Waals surface area contributed by atoms with Gasteiger partial charge in [0.05, 0.1) is 16.5 Å². The van der Waals surface area contributed by atoms with Gasteiger partial charge >= 0.3 is 5.97 Å². The topological polar surface area (TPSA) is 115 Å². The summed E-state index contributed by atoms with van der Waals surface area (Å²) in [4.78, 5) is 30.9. The van der Waals surface area contributed by atoms with Crippen molar-refractivity contribution in [1.82, 2.24) is 9.88 Å². The molecule has 2 fully saturated rings. The van der Waals surface area contributed by atoms with E-state index < -0.39 is 11.8 Å². The van der Waals surface area contributed by atoms with Crippen molar-refractivity contribution in [3.05, 3.63) is 69.9 Å². The Hall–Kier alpha value is -3.41. The molecule has 3 N–H and O–H groups in total. The molecule has 1 aromatic heterocycles. The number of carbonyl (C=O) groups excluding carboxylic acids is 1. The molecule has 0 unspecified atom stereocenters. The Labute approximate surface area is 215 Å². The van der Waals surface area contributed by atoms with E-state index in [-0.39, 0.29) is 42.5 Å². The monoisotopic (exact) mass is 529 g/mol. The zero-order valence-corrected chi connectivity index (χ0v) is 20.8. The molecule has 0 radical (unpaired) electrons. The molecule has 2 aromatic carbocycles. The minimum Gasteiger partial charge on any atom is -0.478 e. The third kappa shape index (κ3) is 5.07. The van der Waals surface area contributed by atoms with Gasteiger partial charge in [-0.05, 0) is 55.5 Å². The highest BCUT2D eigenvalue weighted by molar-refractivity contribution is 7.15. The van der Waals surface area contributed by atoms with Crippen molar-refractivity contribution in [2.24, 2.45) is 11.7 Å². The molecule has 1 aliphatic carbocycles. The van der Waals surface area contributed by atoms with Crippen LogP contribution < -0.4 is 10.5 Å². The number of benzene rings is 2. The van der Waals surface area contributed by atoms with Crippen molar-refractivity contribution in [1.29, 1.82) is 0 Å². The molecule has 1 amide bonds. The molecule has 3 aromatic rings. The van der Waals surface area contributed by atoms with Crippen LogP contribution in [0.1, 0.15) is 44.3 Å². The third-order valence-electron chi connectivity index (χ3n) is 6.65. The molecule has 8 nitrogen and oxygen atoms in total. The summed E-state index contributed by atoms with van der Waals surface area (Å²) >= 11 is 1.43. The van der Waals surface area contributed by atoms with Crippen molar-refractivity contribution < 1.29 is 33.0 Å². The number of fused-ring (bicyclic) bond motifs is 2. The summed E-state index contributed by atoms with van der Waals surface area (Å²) in [5.41, 5.74) is 7.23. The average molecular weight is 530 g/mol. The highest BCUT2D eigenvalue weighted by Gasteiger charge is 2.54. The number of thiazole rings is 1. The predicted molar refractivity (Wildman–Crippen MR) is 131 cm³/mol. The van der Waals surface area contributed by atoms with E-state index in [9.17, 15) is 18.4 Å². The van der Waals surface area contributed by atoms with Gasteiger partial charge in [0.25, 0.3) is 5.91 Å². The predicted octanol–water partition coefficient (Wildman–Crippen LogP) is 4.21. The normalized spacial score (nSPS) is 21.3. The SMILES string of the molecule is Cc1nc(C(=O)N2[C@H](CN)C[C@@H]3C[C@@H]32)c(-c2cccc(F)c2)s1.O=C(O)c1cc(F)cc2c1OCOC2. The van der Waals surface area contributed by atoms with Gasteiger partial charge in [-0.25, -0.2) is 18.6 Å². The largest absolute Gasteiger partial charge is 0.478 e. The lowest BCUT2D eigenvalue weighted by molar-refractivity contribution is -0.0173. The first-order valence-electron chi connectivity index (χ1n) is 11.8. The van der Waals surface area contributed by atoms with Crippen LogP contribution in [0.3, 0.4) is 0 Å². The summed E-state index contributed by atoms with van der Waals surface area (Å²) in [6, 6.07) is 8.90. The molecule has 3 heterocycles. The number of halogens is 2. The van der Waals surface area contributed by atoms with E-state index in [1.807, 2.05) is 17.9 Å². The Morgan fingerprint density at radius 3 is 2.76 bits per heavy atom. The van der Waals surface area contributed by atoms with Crippen molar-refractivity contribution in [3.63, 3.8) is 0 Å². The minimum atomic E-state index is -1.21. The fourth-order valence-corrected chi connectivity index (χ4v) is 5.85. The second-order valence-corrected chi connectivity index (χ2v) is 10.4. The summed E-state index contributed by atoms with van der Waals surface area (Å²) in [5.74, 6) is -1.38. The van der Waals surface area contributed by atoms with Gasteiger partial charge in [0.1, 0.15) is 28.6 Å². The molecule has 1 saturated heterocycles. The van der Waals surface area contributed by atoms with Gasteiger partial charge < -0.3 is 25.2 Å². The number of rotatable bonds is 4. The standard InChI is InChI=1S/C17H18FN3OS.C9H7FO4/c1-9-20-15(16(23-9)10-3-2-4-12(18)5-10)17(22)21-13(8-19)6-11-7-14(11)21;10-6-1-5-3-13-4-14-8(5)7(2-6)9(11)12/h2-5,11,13-14H,6-8,19H2,1H3;1-2H,3-4H2,(H,11,12)/t11-,13+,14+;/m1./s1. The number of amides is 1. The van der Waals surface area contributed by atoms with Crippen LogP contribution in [0.5, 0.6) is 5.75 Å². The first-order valence-corrected chi connectivity index (χ1v) is 12.6. The lowest BCUT2D eigenvalue weighted by Gasteiger charge is -2.26. The van der Waals surface area contributed by atoms with E-state index >= 15 is 0 Å². The lowest BCUT2D eigenvalue weighted by atomic mass is 10.1. The quantitative estimate of drug-likeness (QED) is 0.520. The Balaban J connectivity index is 0.000000171. The second-order valence-electron chi connectivity index (χ2n) is 9.18. The summed E-state index contributed by atoms with van der Waals surface area (Å²) in [6.07, 6.45) is 2.06. The smallest absolute Gasteiger partial charge is 0.339 e. The maximum Gasteiger partial charge on any atom is 0.339 e. The highest BCUT2D eigenvalue weighted by Crippen LogP contribution is 2.48. The van der Waals surface area contributed by atoms with E-state index in [0.29, 0.717) is 35.3 Å². The van der Waals surface area contributed by atoms with E-state index in [2.05, 4.69) is 4.98 Å². The Morgan fingerprint density at radius 2 is 2.03 bits per heavy atom. The van der Waals surface area contributed by atoms with Gasteiger partial charge in [-0.3, -0.25) is 4.79 Å². The van der Waals surface area contributed by atoms with Crippen LogP contribution in [0.2, 0.25) is 0 Å². The third-order valence-corrected chi connectivity index (χ3v) is 7.67. The number of piperidine rings is 1. The molecule has 194 valence electrons. The first kappa shape index (κ1) is 25.2. The molecule has 0 bridgehead atoms. The van der Waals surface area contributed by atoms with E-state index in [0.717, 1.165) is 28.8 Å². The Bertz CT molecular complexity index is 1360. The number of aromatic carboxylic acids is 1. The highest BCUT2D eigenvalue weighted by atomic mass is 32.1. The molecular weight excluding hydrogens is 504 g/mol. The van der Waals surface area contributed by atoms with Gasteiger partial charge in [0.15, 0.2) is 6.79 Å². The molecule has 1 saturated carbocycles. The van der Waals surface area contributed by atoms with Crippen LogP contribution in [-0.2, 0) is 11.3 Å². The molecule has 37 heavy (non-hydrogen) atoms. The second kappa shape index (κ2) is 10.2. The molecular formula is C26H25F2N3O5S. The zero-order chi connectivity index (χ0) is 26.3. The number of ether oxygens (including phenoxy) is 2. The number of hydrogen-bond acceptors (Lipinski definition) is 7. The number of nitrogens with two attached hydrogens (primary N) is 1. The molecule has 3 atom stereocenters. The van der Waals surface area contributed by atoms with Crippen LogP contribution in [0, 0.1) is 24.5 Å². The van der Waals surface area contributed by atoms with Gasteiger partial charge in [-0.15, -0.1) is 11.3 Å². The van der Waals surface area contributed by atoms with Gasteiger partial charge in [-0.1, -0.05) is 12.1 Å². The Kier molecular flexibility index (Phi) is 6.93. The maximum absolute atomic E-state index is 13.6. The van der Waals surface area contributed by atoms with E-state index in [1.54, 1.807) is 6.07 Å². The van der Waals surface area contributed by atoms with Gasteiger partial charge in [0, 0.05) is 24.2 Å². The van der Waals surface area contributed by atoms with E-state index in [4.69, 9.17) is 20.3 Å². The fraction of sp³-hybridized carbons (Fsp3) is 0.346. The number of likely N-dealkylation sites (tertiary alicyclic amines) is 1. The molecule has 3 aliphatic rings. The summed E-state index contributed by atoms with van der Waals surface area (Å²) in [5, 5.41) is 9.59. The fourth-order valence-electron chi connectivity index (χ4n) is 4.94. The van der Waals surface area contributed by atoms with Crippen LogP contribution in [0.15, 0.2) is 36.4 Å². The maximum atomic E-state index is 13.6. The summed E-state index contributed by atoms with van der Waals surface area (Å²) in [7, 11) is 0. The van der Waals surface area contributed by atoms with Crippen molar-refractivity contribution >= 4 is 23.2 Å². The minimum absolute atomic E-state index is 0.00108. The van der Waals surface area contributed by atoms with Crippen LogP contribution in [0.25, 0.3) is 10.4 Å². The van der Waals surface area contributed by atoms with Crippen LogP contribution >= 0.6 is 11.3 Å². The number of hydrogen-bond donors (Lipinski definition) is 2. The number of carbonyl (C=O) groups is 2. The van der Waals surface area contributed by atoms with Crippen molar-refractivity contribution in [3.8, 4) is 16.2 Å². The van der Waals surface area contributed by atoms with Gasteiger partial charge in [-0.2, -0.15) is 0 Å². The summed E-state index contributed by atoms with van der Waals surface area (Å²) in [6.45, 7) is 2.53. The molecule has 11 heteroatoms. The first-order chi connectivity index (χ1) is 17.8. The van der Waals surface area contributed by atoms with E-state index in [1.165, 1.54) is 29.5 Å². The molecule has 0 spiro atoms. The van der Waals surface area contributed by atoms with Crippen molar-refractivity contribution in [2.45, 2.75) is 38.5 Å². The average Bonchev–Trinajstić information content (AvgIpc) is 3.36.